The molecule has 32 heavy (non-hydrogen) atoms. The van der Waals surface area contributed by atoms with Crippen LogP contribution in [-0.4, -0.2) is 54.7 Å². The van der Waals surface area contributed by atoms with Crippen LogP contribution in [0.15, 0.2) is 35.4 Å². The number of thiocarbonyl (C=S) groups is 1. The molecule has 2 aromatic rings. The van der Waals surface area contributed by atoms with E-state index in [4.69, 9.17) is 12.2 Å². The molecule has 2 fully saturated rings. The smallest absolute Gasteiger partial charge is 0.233 e. The number of nitrogens with one attached hydrogen (secondary N) is 2. The number of amides is 1. The first-order chi connectivity index (χ1) is 15.3. The highest BCUT2D eigenvalue weighted by atomic mass is 32.2. The van der Waals surface area contributed by atoms with Gasteiger partial charge in [0.05, 0.1) is 22.3 Å². The minimum Gasteiger partial charge on any atom is -0.366 e. The number of rotatable bonds is 7. The molecule has 4 rings (SSSR count). The maximum atomic E-state index is 13.3. The van der Waals surface area contributed by atoms with Gasteiger partial charge in [0.2, 0.25) is 5.91 Å². The lowest BCUT2D eigenvalue weighted by Crippen LogP contribution is -2.36. The molecule has 1 aliphatic carbocycles. The number of hydrogen-bond donors (Lipinski definition) is 2. The van der Waals surface area contributed by atoms with Crippen LogP contribution in [-0.2, 0) is 14.6 Å². The SMILES string of the molecule is CNC(=S)N1CCC(CC(C(=O)Nc2ncc(F)s2)c2ccc(S(=O)(=O)C3CC3)cc2)C1. The van der Waals surface area contributed by atoms with Crippen molar-refractivity contribution in [3.05, 3.63) is 41.2 Å². The number of carbonyl (C=O) groups is 1. The van der Waals surface area contributed by atoms with Crippen LogP contribution in [0.5, 0.6) is 0 Å². The van der Waals surface area contributed by atoms with Crippen molar-refractivity contribution < 1.29 is 17.6 Å². The van der Waals surface area contributed by atoms with Crippen LogP contribution in [0.3, 0.4) is 0 Å². The van der Waals surface area contributed by atoms with Crippen molar-refractivity contribution in [1.29, 1.82) is 0 Å². The first-order valence-corrected chi connectivity index (χ1v) is 13.3. The predicted molar refractivity (Wildman–Crippen MR) is 126 cm³/mol. The molecule has 2 heterocycles. The summed E-state index contributed by atoms with van der Waals surface area (Å²) in [6, 6.07) is 6.60. The lowest BCUT2D eigenvalue weighted by atomic mass is 9.87. The first kappa shape index (κ1) is 23.1. The summed E-state index contributed by atoms with van der Waals surface area (Å²) in [5, 5.41) is 5.82. The zero-order valence-electron chi connectivity index (χ0n) is 17.6. The van der Waals surface area contributed by atoms with Gasteiger partial charge < -0.3 is 15.5 Å². The Balaban J connectivity index is 1.54. The molecular weight excluding hydrogens is 471 g/mol. The third kappa shape index (κ3) is 5.10. The normalized spacial score (nSPS) is 19.6. The van der Waals surface area contributed by atoms with Gasteiger partial charge in [-0.3, -0.25) is 4.79 Å². The van der Waals surface area contributed by atoms with Crippen LogP contribution >= 0.6 is 23.6 Å². The molecule has 1 aromatic carbocycles. The molecule has 1 aliphatic heterocycles. The molecule has 0 spiro atoms. The quantitative estimate of drug-likeness (QED) is 0.569. The van der Waals surface area contributed by atoms with Gasteiger partial charge in [-0.15, -0.1) is 0 Å². The summed E-state index contributed by atoms with van der Waals surface area (Å²) < 4.78 is 38.4. The van der Waals surface area contributed by atoms with Crippen molar-refractivity contribution in [2.45, 2.75) is 41.7 Å². The second-order valence-electron chi connectivity index (χ2n) is 8.22. The van der Waals surface area contributed by atoms with E-state index >= 15 is 0 Å². The third-order valence-corrected chi connectivity index (χ3v) is 9.40. The fraction of sp³-hybridized carbons (Fsp3) is 0.476. The summed E-state index contributed by atoms with van der Waals surface area (Å²) in [5.74, 6) is -0.570. The molecule has 2 unspecified atom stereocenters. The minimum atomic E-state index is -3.29. The van der Waals surface area contributed by atoms with Gasteiger partial charge in [-0.2, -0.15) is 4.39 Å². The number of benzene rings is 1. The summed E-state index contributed by atoms with van der Waals surface area (Å²) in [6.45, 7) is 1.55. The molecule has 1 aromatic heterocycles. The zero-order valence-corrected chi connectivity index (χ0v) is 20.0. The van der Waals surface area contributed by atoms with Crippen molar-refractivity contribution >= 4 is 49.5 Å². The van der Waals surface area contributed by atoms with Crippen LogP contribution in [0.1, 0.15) is 37.2 Å². The number of carbonyl (C=O) groups excluding carboxylic acids is 1. The van der Waals surface area contributed by atoms with E-state index in [1.807, 2.05) is 0 Å². The van der Waals surface area contributed by atoms with Gasteiger partial charge in [0.25, 0.3) is 0 Å². The fourth-order valence-corrected chi connectivity index (χ4v) is 6.43. The lowest BCUT2D eigenvalue weighted by Gasteiger charge is -2.22. The summed E-state index contributed by atoms with van der Waals surface area (Å²) in [7, 11) is -1.51. The van der Waals surface area contributed by atoms with E-state index in [1.54, 1.807) is 31.3 Å². The number of hydrogen-bond acceptors (Lipinski definition) is 6. The van der Waals surface area contributed by atoms with E-state index in [1.165, 1.54) is 0 Å². The number of sulfone groups is 1. The highest BCUT2D eigenvalue weighted by molar-refractivity contribution is 7.92. The lowest BCUT2D eigenvalue weighted by molar-refractivity contribution is -0.118. The van der Waals surface area contributed by atoms with Gasteiger partial charge in [-0.25, -0.2) is 13.4 Å². The topological polar surface area (TPSA) is 91.4 Å². The molecule has 11 heteroatoms. The number of nitrogens with zero attached hydrogens (tertiary/aromatic N) is 2. The molecule has 0 radical (unpaired) electrons. The van der Waals surface area contributed by atoms with Gasteiger partial charge in [-0.05, 0) is 61.5 Å². The van der Waals surface area contributed by atoms with Gasteiger partial charge in [0.15, 0.2) is 25.2 Å². The summed E-state index contributed by atoms with van der Waals surface area (Å²) >= 11 is 6.10. The molecule has 2 N–H and O–H groups in total. The van der Waals surface area contributed by atoms with Crippen molar-refractivity contribution in [3.8, 4) is 0 Å². The Hall–Kier alpha value is -2.11. The number of anilines is 1. The van der Waals surface area contributed by atoms with E-state index in [9.17, 15) is 17.6 Å². The van der Waals surface area contributed by atoms with Crippen LogP contribution < -0.4 is 10.6 Å². The first-order valence-electron chi connectivity index (χ1n) is 10.5. The standard InChI is InChI=1S/C21H25FN4O3S3/c1-23-21(30)26-9-8-13(12-26)10-17(19(27)25-20-24-11-18(22)31-20)14-2-4-15(5-3-14)32(28,29)16-6-7-16/h2-5,11,13,16-17H,6-10,12H2,1H3,(H,23,30)(H,24,25,27). The number of halogens is 1. The van der Waals surface area contributed by atoms with Gasteiger partial charge >= 0.3 is 0 Å². The Morgan fingerprint density at radius 2 is 2.03 bits per heavy atom. The second kappa shape index (κ2) is 9.40. The Morgan fingerprint density at radius 1 is 1.31 bits per heavy atom. The molecule has 1 saturated heterocycles. The molecule has 1 amide bonds. The number of aromatic nitrogens is 1. The number of thiazole rings is 1. The molecule has 2 atom stereocenters. The van der Waals surface area contributed by atoms with Crippen LogP contribution in [0, 0.1) is 11.0 Å². The second-order valence-corrected chi connectivity index (χ2v) is 11.8. The van der Waals surface area contributed by atoms with Gasteiger partial charge in [0, 0.05) is 20.1 Å². The molecule has 172 valence electrons. The Morgan fingerprint density at radius 3 is 2.62 bits per heavy atom. The van der Waals surface area contributed by atoms with E-state index in [0.29, 0.717) is 24.4 Å². The van der Waals surface area contributed by atoms with Crippen LogP contribution in [0.2, 0.25) is 0 Å². The molecule has 1 saturated carbocycles. The minimum absolute atomic E-state index is 0.204. The van der Waals surface area contributed by atoms with Gasteiger partial charge in [0.1, 0.15) is 0 Å². The molecule has 0 bridgehead atoms. The van der Waals surface area contributed by atoms with E-state index in [2.05, 4.69) is 20.5 Å². The Labute approximate surface area is 196 Å². The zero-order chi connectivity index (χ0) is 22.9. The molecule has 2 aliphatic rings. The highest BCUT2D eigenvalue weighted by Gasteiger charge is 2.37. The predicted octanol–water partition coefficient (Wildman–Crippen LogP) is 3.16. The Bertz CT molecular complexity index is 1100. The summed E-state index contributed by atoms with van der Waals surface area (Å²) in [5.41, 5.74) is 0.726. The molecular formula is C21H25FN4O3S3. The summed E-state index contributed by atoms with van der Waals surface area (Å²) in [6.07, 6.45) is 3.93. The summed E-state index contributed by atoms with van der Waals surface area (Å²) in [4.78, 5) is 19.4. The third-order valence-electron chi connectivity index (χ3n) is 5.95. The van der Waals surface area contributed by atoms with E-state index in [0.717, 1.165) is 42.6 Å². The number of likely N-dealkylation sites (tertiary alicyclic amines) is 1. The Kier molecular flexibility index (Phi) is 6.78. The van der Waals surface area contributed by atoms with Crippen molar-refractivity contribution in [3.63, 3.8) is 0 Å². The fourth-order valence-electron chi connectivity index (χ4n) is 4.06. The highest BCUT2D eigenvalue weighted by Crippen LogP contribution is 2.35. The van der Waals surface area contributed by atoms with Gasteiger partial charge in [-0.1, -0.05) is 23.5 Å². The van der Waals surface area contributed by atoms with Crippen molar-refractivity contribution in [2.24, 2.45) is 5.92 Å². The van der Waals surface area contributed by atoms with Crippen molar-refractivity contribution in [1.82, 2.24) is 15.2 Å². The average Bonchev–Trinajstić information content (AvgIpc) is 3.42. The van der Waals surface area contributed by atoms with E-state index < -0.39 is 20.9 Å². The maximum Gasteiger partial charge on any atom is 0.233 e. The monoisotopic (exact) mass is 496 g/mol. The average molecular weight is 497 g/mol. The maximum absolute atomic E-state index is 13.3. The molecule has 7 nitrogen and oxygen atoms in total. The van der Waals surface area contributed by atoms with Crippen LogP contribution in [0.25, 0.3) is 0 Å². The largest absolute Gasteiger partial charge is 0.366 e. The van der Waals surface area contributed by atoms with Crippen molar-refractivity contribution in [2.75, 3.05) is 25.5 Å². The van der Waals surface area contributed by atoms with E-state index in [-0.39, 0.29) is 27.1 Å². The van der Waals surface area contributed by atoms with Crippen LogP contribution in [0.4, 0.5) is 9.52 Å².